The smallest absolute Gasteiger partial charge is 0.407 e. The number of likely N-dealkylation sites (tertiary alicyclic amines) is 1. The number of carboxylic acid groups (broad SMARTS) is 1. The van der Waals surface area contributed by atoms with Gasteiger partial charge >= 0.3 is 6.09 Å². The first-order chi connectivity index (χ1) is 9.08. The van der Waals surface area contributed by atoms with Crippen LogP contribution >= 0.6 is 0 Å². The molecule has 1 aromatic carbocycles. The molecule has 0 aromatic heterocycles. The highest BCUT2D eigenvalue weighted by Crippen LogP contribution is 2.29. The number of benzene rings is 1. The standard InChI is InChI=1S/C16H23NO2/c1-12(2)13-5-7-15(8-6-13)14-4-3-10-17(11-9-14)16(18)19/h5-8,12,14H,3-4,9-11H2,1-2H3,(H,18,19). The summed E-state index contributed by atoms with van der Waals surface area (Å²) in [6, 6.07) is 8.85. The molecule has 2 rings (SSSR count). The van der Waals surface area contributed by atoms with E-state index in [1.165, 1.54) is 11.1 Å². The van der Waals surface area contributed by atoms with E-state index in [4.69, 9.17) is 5.11 Å². The predicted octanol–water partition coefficient (Wildman–Crippen LogP) is 4.06. The first-order valence-corrected chi connectivity index (χ1v) is 7.15. The van der Waals surface area contributed by atoms with E-state index in [2.05, 4.69) is 38.1 Å². The highest BCUT2D eigenvalue weighted by Gasteiger charge is 2.20. The van der Waals surface area contributed by atoms with Gasteiger partial charge in [-0.15, -0.1) is 0 Å². The Morgan fingerprint density at radius 1 is 1.21 bits per heavy atom. The average Bonchev–Trinajstić information content (AvgIpc) is 2.64. The number of carbonyl (C=O) groups is 1. The fourth-order valence-electron chi connectivity index (χ4n) is 2.77. The molecule has 1 fully saturated rings. The monoisotopic (exact) mass is 261 g/mol. The maximum Gasteiger partial charge on any atom is 0.407 e. The third-order valence-electron chi connectivity index (χ3n) is 4.07. The molecule has 1 unspecified atom stereocenters. The highest BCUT2D eigenvalue weighted by atomic mass is 16.4. The molecular weight excluding hydrogens is 238 g/mol. The van der Waals surface area contributed by atoms with Crippen LogP contribution in [-0.2, 0) is 0 Å². The lowest BCUT2D eigenvalue weighted by Crippen LogP contribution is -2.30. The summed E-state index contributed by atoms with van der Waals surface area (Å²) in [6.07, 6.45) is 2.21. The predicted molar refractivity (Wildman–Crippen MR) is 76.7 cm³/mol. The molecule has 0 aliphatic carbocycles. The van der Waals surface area contributed by atoms with Crippen molar-refractivity contribution < 1.29 is 9.90 Å². The summed E-state index contributed by atoms with van der Waals surface area (Å²) in [4.78, 5) is 12.5. The van der Waals surface area contributed by atoms with Gasteiger partial charge in [-0.3, -0.25) is 0 Å². The van der Waals surface area contributed by atoms with Gasteiger partial charge in [-0.2, -0.15) is 0 Å². The second kappa shape index (κ2) is 6.09. The van der Waals surface area contributed by atoms with Gasteiger partial charge in [0.1, 0.15) is 0 Å². The van der Waals surface area contributed by atoms with Crippen molar-refractivity contribution in [3.8, 4) is 0 Å². The number of hydrogen-bond donors (Lipinski definition) is 1. The number of amides is 1. The van der Waals surface area contributed by atoms with E-state index < -0.39 is 6.09 Å². The van der Waals surface area contributed by atoms with Crippen LogP contribution in [0.15, 0.2) is 24.3 Å². The Labute approximate surface area is 115 Å². The largest absolute Gasteiger partial charge is 0.465 e. The summed E-state index contributed by atoms with van der Waals surface area (Å²) >= 11 is 0. The topological polar surface area (TPSA) is 40.5 Å². The highest BCUT2D eigenvalue weighted by molar-refractivity contribution is 5.64. The first kappa shape index (κ1) is 13.9. The maximum absolute atomic E-state index is 11.0. The van der Waals surface area contributed by atoms with Gasteiger partial charge in [0.25, 0.3) is 0 Å². The quantitative estimate of drug-likeness (QED) is 0.872. The third-order valence-corrected chi connectivity index (χ3v) is 4.07. The molecule has 104 valence electrons. The van der Waals surface area contributed by atoms with Gasteiger partial charge in [0.2, 0.25) is 0 Å². The normalized spacial score (nSPS) is 20.4. The van der Waals surface area contributed by atoms with Crippen LogP contribution in [0.5, 0.6) is 0 Å². The Morgan fingerprint density at radius 3 is 2.47 bits per heavy atom. The molecule has 0 bridgehead atoms. The lowest BCUT2D eigenvalue weighted by atomic mass is 9.90. The maximum atomic E-state index is 11.0. The van der Waals surface area contributed by atoms with E-state index in [0.717, 1.165) is 19.3 Å². The van der Waals surface area contributed by atoms with Crippen molar-refractivity contribution in [1.29, 1.82) is 0 Å². The van der Waals surface area contributed by atoms with Gasteiger partial charge in [-0.25, -0.2) is 4.79 Å². The lowest BCUT2D eigenvalue weighted by Gasteiger charge is -2.17. The molecule has 1 amide bonds. The van der Waals surface area contributed by atoms with Gasteiger partial charge in [0.15, 0.2) is 0 Å². The first-order valence-electron chi connectivity index (χ1n) is 7.15. The lowest BCUT2D eigenvalue weighted by molar-refractivity contribution is 0.147. The van der Waals surface area contributed by atoms with Crippen molar-refractivity contribution in [3.63, 3.8) is 0 Å². The second-order valence-electron chi connectivity index (χ2n) is 5.72. The molecule has 1 atom stereocenters. The third kappa shape index (κ3) is 3.49. The molecule has 1 aromatic rings. The molecular formula is C16H23NO2. The van der Waals surface area contributed by atoms with Crippen molar-refractivity contribution in [1.82, 2.24) is 4.90 Å². The number of rotatable bonds is 2. The fraction of sp³-hybridized carbons (Fsp3) is 0.562. The SMILES string of the molecule is CC(C)c1ccc(C2CCCN(C(=O)O)CC2)cc1. The summed E-state index contributed by atoms with van der Waals surface area (Å²) < 4.78 is 0. The van der Waals surface area contributed by atoms with Gasteiger partial charge < -0.3 is 10.0 Å². The van der Waals surface area contributed by atoms with E-state index in [1.807, 2.05) is 0 Å². The van der Waals surface area contributed by atoms with Crippen molar-refractivity contribution in [2.75, 3.05) is 13.1 Å². The van der Waals surface area contributed by atoms with Gasteiger partial charge in [-0.05, 0) is 42.2 Å². The van der Waals surface area contributed by atoms with Crippen molar-refractivity contribution in [2.24, 2.45) is 0 Å². The Hall–Kier alpha value is -1.51. The van der Waals surface area contributed by atoms with Crippen molar-refractivity contribution in [3.05, 3.63) is 35.4 Å². The van der Waals surface area contributed by atoms with E-state index in [-0.39, 0.29) is 0 Å². The van der Waals surface area contributed by atoms with Crippen LogP contribution in [0, 0.1) is 0 Å². The van der Waals surface area contributed by atoms with E-state index in [0.29, 0.717) is 24.9 Å². The molecule has 1 N–H and O–H groups in total. The Kier molecular flexibility index (Phi) is 4.46. The van der Waals surface area contributed by atoms with E-state index in [9.17, 15) is 4.79 Å². The summed E-state index contributed by atoms with van der Waals surface area (Å²) in [7, 11) is 0. The van der Waals surface area contributed by atoms with Crippen LogP contribution in [-0.4, -0.2) is 29.2 Å². The van der Waals surface area contributed by atoms with Gasteiger partial charge in [-0.1, -0.05) is 38.1 Å². The summed E-state index contributed by atoms with van der Waals surface area (Å²) in [5, 5.41) is 9.04. The van der Waals surface area contributed by atoms with Crippen LogP contribution in [0.1, 0.15) is 56.1 Å². The minimum Gasteiger partial charge on any atom is -0.465 e. The molecule has 0 spiro atoms. The molecule has 1 heterocycles. The van der Waals surface area contributed by atoms with Crippen LogP contribution in [0.3, 0.4) is 0 Å². The van der Waals surface area contributed by atoms with Crippen molar-refractivity contribution in [2.45, 2.75) is 44.9 Å². The molecule has 0 saturated carbocycles. The van der Waals surface area contributed by atoms with E-state index >= 15 is 0 Å². The fourth-order valence-corrected chi connectivity index (χ4v) is 2.77. The second-order valence-corrected chi connectivity index (χ2v) is 5.72. The molecule has 0 radical (unpaired) electrons. The zero-order valence-corrected chi connectivity index (χ0v) is 11.8. The zero-order chi connectivity index (χ0) is 13.8. The summed E-state index contributed by atoms with van der Waals surface area (Å²) in [6.45, 7) is 5.73. The molecule has 1 saturated heterocycles. The van der Waals surface area contributed by atoms with Crippen LogP contribution in [0.4, 0.5) is 4.79 Å². The Balaban J connectivity index is 2.03. The Bertz CT molecular complexity index is 425. The van der Waals surface area contributed by atoms with Crippen LogP contribution < -0.4 is 0 Å². The zero-order valence-electron chi connectivity index (χ0n) is 11.8. The van der Waals surface area contributed by atoms with Crippen molar-refractivity contribution >= 4 is 6.09 Å². The van der Waals surface area contributed by atoms with Gasteiger partial charge in [0.05, 0.1) is 0 Å². The minimum absolute atomic E-state index is 0.505. The molecule has 19 heavy (non-hydrogen) atoms. The van der Waals surface area contributed by atoms with E-state index in [1.54, 1.807) is 4.90 Å². The number of nitrogens with zero attached hydrogens (tertiary/aromatic N) is 1. The minimum atomic E-state index is -0.782. The summed E-state index contributed by atoms with van der Waals surface area (Å²) in [5.41, 5.74) is 2.72. The summed E-state index contributed by atoms with van der Waals surface area (Å²) in [5.74, 6) is 1.07. The van der Waals surface area contributed by atoms with Crippen LogP contribution in [0.2, 0.25) is 0 Å². The molecule has 3 nitrogen and oxygen atoms in total. The number of hydrogen-bond acceptors (Lipinski definition) is 1. The molecule has 1 aliphatic rings. The van der Waals surface area contributed by atoms with Crippen LogP contribution in [0.25, 0.3) is 0 Å². The van der Waals surface area contributed by atoms with Gasteiger partial charge in [0, 0.05) is 13.1 Å². The Morgan fingerprint density at radius 2 is 1.89 bits per heavy atom. The molecule has 1 aliphatic heterocycles. The molecule has 3 heteroatoms. The average molecular weight is 261 g/mol.